The van der Waals surface area contributed by atoms with Crippen LogP contribution in [-0.2, 0) is 12.0 Å². The van der Waals surface area contributed by atoms with E-state index in [2.05, 4.69) is 6.92 Å². The first kappa shape index (κ1) is 12.5. The standard InChI is InChI=1S/C13H18ClNO2/c1-4-8-9(13(2,3)15)7-10(14)12-11(8)16-5-6-17-12/h7H,4-6,15H2,1-3H3. The highest BCUT2D eigenvalue weighted by Crippen LogP contribution is 2.44. The predicted octanol–water partition coefficient (Wildman–Crippen LogP) is 2.87. The van der Waals surface area contributed by atoms with E-state index in [9.17, 15) is 0 Å². The molecule has 1 aromatic rings. The smallest absolute Gasteiger partial charge is 0.180 e. The highest BCUT2D eigenvalue weighted by atomic mass is 35.5. The number of nitrogens with two attached hydrogens (primary N) is 1. The van der Waals surface area contributed by atoms with Crippen LogP contribution in [0.2, 0.25) is 5.02 Å². The molecule has 0 saturated heterocycles. The summed E-state index contributed by atoms with van der Waals surface area (Å²) in [5.74, 6) is 1.42. The fourth-order valence-corrected chi connectivity index (χ4v) is 2.40. The Kier molecular flexibility index (Phi) is 3.23. The molecule has 0 saturated carbocycles. The fourth-order valence-electron chi connectivity index (χ4n) is 2.15. The zero-order valence-electron chi connectivity index (χ0n) is 10.5. The van der Waals surface area contributed by atoms with Gasteiger partial charge in [-0.2, -0.15) is 0 Å². The topological polar surface area (TPSA) is 44.5 Å². The first-order valence-corrected chi connectivity index (χ1v) is 6.23. The summed E-state index contributed by atoms with van der Waals surface area (Å²) in [4.78, 5) is 0. The largest absolute Gasteiger partial charge is 0.486 e. The lowest BCUT2D eigenvalue weighted by molar-refractivity contribution is 0.169. The number of halogens is 1. The van der Waals surface area contributed by atoms with Crippen molar-refractivity contribution >= 4 is 11.6 Å². The maximum absolute atomic E-state index is 6.22. The van der Waals surface area contributed by atoms with Gasteiger partial charge in [-0.25, -0.2) is 0 Å². The Balaban J connectivity index is 2.66. The molecule has 0 unspecified atom stereocenters. The lowest BCUT2D eigenvalue weighted by atomic mass is 9.89. The molecule has 2 rings (SSSR count). The summed E-state index contributed by atoms with van der Waals surface area (Å²) >= 11 is 6.22. The summed E-state index contributed by atoms with van der Waals surface area (Å²) in [6, 6.07) is 1.90. The molecule has 94 valence electrons. The zero-order valence-corrected chi connectivity index (χ0v) is 11.2. The molecule has 0 aliphatic carbocycles. The fraction of sp³-hybridized carbons (Fsp3) is 0.538. The number of benzene rings is 1. The van der Waals surface area contributed by atoms with Gasteiger partial charge in [0.25, 0.3) is 0 Å². The Bertz CT molecular complexity index is 438. The third-order valence-corrected chi connectivity index (χ3v) is 3.20. The molecular weight excluding hydrogens is 238 g/mol. The summed E-state index contributed by atoms with van der Waals surface area (Å²) < 4.78 is 11.3. The first-order chi connectivity index (χ1) is 7.95. The van der Waals surface area contributed by atoms with Crippen molar-refractivity contribution in [1.82, 2.24) is 0 Å². The van der Waals surface area contributed by atoms with Crippen molar-refractivity contribution in [2.75, 3.05) is 13.2 Å². The molecule has 0 spiro atoms. The first-order valence-electron chi connectivity index (χ1n) is 5.85. The monoisotopic (exact) mass is 255 g/mol. The molecule has 4 heteroatoms. The van der Waals surface area contributed by atoms with Crippen LogP contribution in [-0.4, -0.2) is 13.2 Å². The molecule has 2 N–H and O–H groups in total. The van der Waals surface area contributed by atoms with E-state index in [1.807, 2.05) is 19.9 Å². The van der Waals surface area contributed by atoms with Crippen molar-refractivity contribution in [2.24, 2.45) is 5.73 Å². The van der Waals surface area contributed by atoms with Gasteiger partial charge in [-0.1, -0.05) is 18.5 Å². The number of hydrogen-bond acceptors (Lipinski definition) is 3. The SMILES string of the molecule is CCc1c(C(C)(C)N)cc(Cl)c2c1OCCO2. The van der Waals surface area contributed by atoms with Crippen molar-refractivity contribution in [1.29, 1.82) is 0 Å². The Labute approximate surface area is 107 Å². The summed E-state index contributed by atoms with van der Waals surface area (Å²) in [6.07, 6.45) is 0.846. The van der Waals surface area contributed by atoms with E-state index in [4.69, 9.17) is 26.8 Å². The van der Waals surface area contributed by atoms with Crippen molar-refractivity contribution in [3.8, 4) is 11.5 Å². The maximum atomic E-state index is 6.22. The van der Waals surface area contributed by atoms with Gasteiger partial charge in [0.2, 0.25) is 0 Å². The van der Waals surface area contributed by atoms with E-state index in [1.54, 1.807) is 0 Å². The van der Waals surface area contributed by atoms with E-state index in [-0.39, 0.29) is 0 Å². The second kappa shape index (κ2) is 4.39. The van der Waals surface area contributed by atoms with Crippen LogP contribution in [0, 0.1) is 0 Å². The number of rotatable bonds is 2. The lowest BCUT2D eigenvalue weighted by Gasteiger charge is -2.28. The van der Waals surface area contributed by atoms with E-state index < -0.39 is 5.54 Å². The molecule has 0 bridgehead atoms. The molecule has 3 nitrogen and oxygen atoms in total. The molecule has 0 aromatic heterocycles. The quantitative estimate of drug-likeness (QED) is 0.884. The summed E-state index contributed by atoms with van der Waals surface area (Å²) in [5.41, 5.74) is 7.86. The van der Waals surface area contributed by atoms with Crippen molar-refractivity contribution < 1.29 is 9.47 Å². The molecule has 0 fully saturated rings. The van der Waals surface area contributed by atoms with Gasteiger partial charge in [-0.05, 0) is 31.9 Å². The van der Waals surface area contributed by atoms with Crippen LogP contribution < -0.4 is 15.2 Å². The Morgan fingerprint density at radius 3 is 2.41 bits per heavy atom. The molecule has 0 atom stereocenters. The van der Waals surface area contributed by atoms with Gasteiger partial charge in [0.15, 0.2) is 11.5 Å². The molecule has 1 aliphatic heterocycles. The van der Waals surface area contributed by atoms with Crippen molar-refractivity contribution in [3.63, 3.8) is 0 Å². The van der Waals surface area contributed by atoms with Crippen LogP contribution in [0.25, 0.3) is 0 Å². The second-order valence-corrected chi connectivity index (χ2v) is 5.22. The summed E-state index contributed by atoms with van der Waals surface area (Å²) in [7, 11) is 0. The molecular formula is C13H18ClNO2. The molecule has 0 radical (unpaired) electrons. The highest BCUT2D eigenvalue weighted by molar-refractivity contribution is 6.32. The van der Waals surface area contributed by atoms with Crippen molar-refractivity contribution in [2.45, 2.75) is 32.7 Å². The van der Waals surface area contributed by atoms with Crippen LogP contribution >= 0.6 is 11.6 Å². The molecule has 1 heterocycles. The lowest BCUT2D eigenvalue weighted by Crippen LogP contribution is -2.31. The van der Waals surface area contributed by atoms with Gasteiger partial charge in [-0.15, -0.1) is 0 Å². The van der Waals surface area contributed by atoms with E-state index >= 15 is 0 Å². The van der Waals surface area contributed by atoms with E-state index in [0.29, 0.717) is 24.0 Å². The van der Waals surface area contributed by atoms with E-state index in [0.717, 1.165) is 23.3 Å². The van der Waals surface area contributed by atoms with Gasteiger partial charge < -0.3 is 15.2 Å². The minimum absolute atomic E-state index is 0.440. The zero-order chi connectivity index (χ0) is 12.6. The van der Waals surface area contributed by atoms with Gasteiger partial charge in [-0.3, -0.25) is 0 Å². The van der Waals surface area contributed by atoms with Crippen LogP contribution in [0.15, 0.2) is 6.07 Å². The number of fused-ring (bicyclic) bond motifs is 1. The van der Waals surface area contributed by atoms with Crippen LogP contribution in [0.1, 0.15) is 31.9 Å². The molecule has 1 aliphatic rings. The van der Waals surface area contributed by atoms with Gasteiger partial charge in [0.1, 0.15) is 13.2 Å². The molecule has 0 amide bonds. The Morgan fingerprint density at radius 1 is 1.29 bits per heavy atom. The van der Waals surface area contributed by atoms with Gasteiger partial charge in [0.05, 0.1) is 5.02 Å². The predicted molar refractivity (Wildman–Crippen MR) is 69.0 cm³/mol. The minimum Gasteiger partial charge on any atom is -0.486 e. The van der Waals surface area contributed by atoms with E-state index in [1.165, 1.54) is 0 Å². The maximum Gasteiger partial charge on any atom is 0.180 e. The normalized spacial score (nSPS) is 14.9. The average molecular weight is 256 g/mol. The minimum atomic E-state index is -0.440. The Morgan fingerprint density at radius 2 is 1.88 bits per heavy atom. The van der Waals surface area contributed by atoms with Crippen molar-refractivity contribution in [3.05, 3.63) is 22.2 Å². The third kappa shape index (κ3) is 2.22. The summed E-state index contributed by atoms with van der Waals surface area (Å²) in [5, 5.41) is 0.574. The van der Waals surface area contributed by atoms with Gasteiger partial charge in [0, 0.05) is 11.1 Å². The third-order valence-electron chi connectivity index (χ3n) is 2.92. The van der Waals surface area contributed by atoms with Crippen LogP contribution in [0.4, 0.5) is 0 Å². The summed E-state index contributed by atoms with van der Waals surface area (Å²) in [6.45, 7) is 7.12. The van der Waals surface area contributed by atoms with Crippen LogP contribution in [0.5, 0.6) is 11.5 Å². The highest BCUT2D eigenvalue weighted by Gasteiger charge is 2.27. The number of hydrogen-bond donors (Lipinski definition) is 1. The molecule has 1 aromatic carbocycles. The second-order valence-electron chi connectivity index (χ2n) is 4.81. The average Bonchev–Trinajstić information content (AvgIpc) is 2.28. The number of ether oxygens (including phenoxy) is 2. The van der Waals surface area contributed by atoms with Crippen LogP contribution in [0.3, 0.4) is 0 Å². The molecule has 17 heavy (non-hydrogen) atoms. The van der Waals surface area contributed by atoms with Gasteiger partial charge >= 0.3 is 0 Å². The Hall–Kier alpha value is -0.930.